The highest BCUT2D eigenvalue weighted by Gasteiger charge is 2.37. The van der Waals surface area contributed by atoms with Gasteiger partial charge < -0.3 is 9.15 Å². The molecule has 0 radical (unpaired) electrons. The molecule has 0 unspecified atom stereocenters. The van der Waals surface area contributed by atoms with Gasteiger partial charge in [-0.3, -0.25) is 34.3 Å². The van der Waals surface area contributed by atoms with Crippen LogP contribution in [0.15, 0.2) is 70.9 Å². The predicted molar refractivity (Wildman–Crippen MR) is 124 cm³/mol. The van der Waals surface area contributed by atoms with Crippen LogP contribution in [0.3, 0.4) is 0 Å². The maximum absolute atomic E-state index is 13.0. The van der Waals surface area contributed by atoms with E-state index in [1.165, 1.54) is 19.4 Å². The Kier molecular flexibility index (Phi) is 5.69. The monoisotopic (exact) mass is 485 g/mol. The molecule has 2 aromatic carbocycles. The second kappa shape index (κ2) is 8.99. The molecule has 0 bridgehead atoms. The SMILES string of the molecule is COc1ccc(/C=C2/C(=O)NC(=O)N(Cc3ccco3)C2=O)cc1CN1C(=O)c2ccccc2C1=O. The van der Waals surface area contributed by atoms with Crippen molar-refractivity contribution in [3.8, 4) is 5.75 Å². The lowest BCUT2D eigenvalue weighted by Gasteiger charge is -2.25. The van der Waals surface area contributed by atoms with Crippen LogP contribution >= 0.6 is 0 Å². The summed E-state index contributed by atoms with van der Waals surface area (Å²) in [6.45, 7) is -0.217. The van der Waals surface area contributed by atoms with Crippen LogP contribution in [0.2, 0.25) is 0 Å². The van der Waals surface area contributed by atoms with Gasteiger partial charge >= 0.3 is 6.03 Å². The molecule has 10 nitrogen and oxygen atoms in total. The van der Waals surface area contributed by atoms with Crippen molar-refractivity contribution in [2.24, 2.45) is 0 Å². The number of fused-ring (bicyclic) bond motifs is 1. The first-order valence-electron chi connectivity index (χ1n) is 10.9. The number of nitrogens with zero attached hydrogens (tertiary/aromatic N) is 2. The summed E-state index contributed by atoms with van der Waals surface area (Å²) in [6, 6.07) is 13.8. The van der Waals surface area contributed by atoms with Crippen molar-refractivity contribution in [1.82, 2.24) is 15.1 Å². The van der Waals surface area contributed by atoms with Gasteiger partial charge in [0.1, 0.15) is 17.1 Å². The molecule has 36 heavy (non-hydrogen) atoms. The van der Waals surface area contributed by atoms with Gasteiger partial charge in [0.05, 0.1) is 37.6 Å². The molecule has 0 spiro atoms. The lowest BCUT2D eigenvalue weighted by molar-refractivity contribution is -0.130. The molecule has 3 aromatic rings. The Labute approximate surface area is 204 Å². The van der Waals surface area contributed by atoms with Gasteiger partial charge in [-0.25, -0.2) is 4.79 Å². The number of carbonyl (C=O) groups excluding carboxylic acids is 5. The van der Waals surface area contributed by atoms with E-state index in [0.29, 0.717) is 33.8 Å². The van der Waals surface area contributed by atoms with E-state index in [-0.39, 0.29) is 18.7 Å². The van der Waals surface area contributed by atoms with E-state index in [1.807, 2.05) is 0 Å². The number of rotatable bonds is 6. The van der Waals surface area contributed by atoms with Gasteiger partial charge in [0.15, 0.2) is 0 Å². The number of nitrogens with one attached hydrogen (secondary N) is 1. The Bertz CT molecular complexity index is 1420. The molecule has 10 heteroatoms. The summed E-state index contributed by atoms with van der Waals surface area (Å²) in [4.78, 5) is 65.3. The number of hydrogen-bond acceptors (Lipinski definition) is 7. The molecule has 1 saturated heterocycles. The molecule has 1 N–H and O–H groups in total. The molecular weight excluding hydrogens is 466 g/mol. The van der Waals surface area contributed by atoms with Gasteiger partial charge in [0, 0.05) is 5.56 Å². The van der Waals surface area contributed by atoms with Gasteiger partial charge in [0.2, 0.25) is 0 Å². The number of benzene rings is 2. The molecule has 5 rings (SSSR count). The number of carbonyl (C=O) groups is 5. The summed E-state index contributed by atoms with van der Waals surface area (Å²) < 4.78 is 10.6. The van der Waals surface area contributed by atoms with Crippen molar-refractivity contribution in [3.05, 3.63) is 94.4 Å². The molecule has 3 heterocycles. The lowest BCUT2D eigenvalue weighted by Crippen LogP contribution is -2.53. The maximum atomic E-state index is 13.0. The molecule has 0 saturated carbocycles. The number of urea groups is 1. The number of furan rings is 1. The second-order valence-corrected chi connectivity index (χ2v) is 8.10. The first-order chi connectivity index (χ1) is 17.4. The van der Waals surface area contributed by atoms with Gasteiger partial charge in [-0.05, 0) is 48.0 Å². The van der Waals surface area contributed by atoms with E-state index < -0.39 is 29.7 Å². The van der Waals surface area contributed by atoms with Crippen molar-refractivity contribution in [3.63, 3.8) is 0 Å². The topological polar surface area (TPSA) is 126 Å². The minimum atomic E-state index is -0.848. The van der Waals surface area contributed by atoms with Gasteiger partial charge in [-0.1, -0.05) is 18.2 Å². The number of amides is 6. The Morgan fingerprint density at radius 3 is 2.22 bits per heavy atom. The average molecular weight is 485 g/mol. The van der Waals surface area contributed by atoms with Crippen LogP contribution in [-0.2, 0) is 22.7 Å². The summed E-state index contributed by atoms with van der Waals surface area (Å²) in [6.07, 6.45) is 2.75. The highest BCUT2D eigenvalue weighted by molar-refractivity contribution is 6.31. The van der Waals surface area contributed by atoms with Crippen LogP contribution < -0.4 is 10.1 Å². The standard InChI is InChI=1S/C26H19N3O7/c1-35-21-9-8-15(11-16(21)13-28-23(31)18-6-2-3-7-19(18)24(28)32)12-20-22(30)27-26(34)29(25(20)33)14-17-5-4-10-36-17/h2-12H,13-14H2,1H3,(H,27,30,34)/b20-12-. The first-order valence-corrected chi connectivity index (χ1v) is 10.9. The molecule has 0 aliphatic carbocycles. The van der Waals surface area contributed by atoms with Gasteiger partial charge in [0.25, 0.3) is 23.6 Å². The third-order valence-corrected chi connectivity index (χ3v) is 5.90. The van der Waals surface area contributed by atoms with Crippen molar-refractivity contribution < 1.29 is 33.1 Å². The molecule has 180 valence electrons. The minimum Gasteiger partial charge on any atom is -0.496 e. The van der Waals surface area contributed by atoms with E-state index in [0.717, 1.165) is 9.80 Å². The van der Waals surface area contributed by atoms with Crippen molar-refractivity contribution in [1.29, 1.82) is 0 Å². The van der Waals surface area contributed by atoms with E-state index in [1.54, 1.807) is 54.6 Å². The molecular formula is C26H19N3O7. The quantitative estimate of drug-likeness (QED) is 0.323. The molecule has 2 aliphatic heterocycles. The maximum Gasteiger partial charge on any atom is 0.331 e. The molecule has 2 aliphatic rings. The summed E-state index contributed by atoms with van der Waals surface area (Å²) in [5.41, 5.74) is 1.33. The van der Waals surface area contributed by atoms with Crippen LogP contribution in [0.25, 0.3) is 6.08 Å². The highest BCUT2D eigenvalue weighted by atomic mass is 16.5. The van der Waals surface area contributed by atoms with Crippen LogP contribution in [-0.4, -0.2) is 46.6 Å². The fraction of sp³-hybridized carbons (Fsp3) is 0.115. The van der Waals surface area contributed by atoms with Crippen LogP contribution in [0.5, 0.6) is 5.75 Å². The van der Waals surface area contributed by atoms with E-state index >= 15 is 0 Å². The van der Waals surface area contributed by atoms with Gasteiger partial charge in [-0.15, -0.1) is 0 Å². The molecule has 1 aromatic heterocycles. The Morgan fingerprint density at radius 2 is 1.58 bits per heavy atom. The minimum absolute atomic E-state index is 0.0736. The number of imide groups is 3. The van der Waals surface area contributed by atoms with Gasteiger partial charge in [-0.2, -0.15) is 0 Å². The molecule has 1 fully saturated rings. The van der Waals surface area contributed by atoms with E-state index in [4.69, 9.17) is 9.15 Å². The number of methoxy groups -OCH3 is 1. The predicted octanol–water partition coefficient (Wildman–Crippen LogP) is 2.75. The third-order valence-electron chi connectivity index (χ3n) is 5.90. The molecule has 6 amide bonds. The van der Waals surface area contributed by atoms with Crippen LogP contribution in [0.1, 0.15) is 37.6 Å². The molecule has 0 atom stereocenters. The summed E-state index contributed by atoms with van der Waals surface area (Å²) in [5, 5.41) is 2.16. The van der Waals surface area contributed by atoms with Crippen LogP contribution in [0.4, 0.5) is 4.79 Å². The summed E-state index contributed by atoms with van der Waals surface area (Å²) >= 11 is 0. The number of hydrogen-bond donors (Lipinski definition) is 1. The zero-order valence-corrected chi connectivity index (χ0v) is 19.0. The third kappa shape index (κ3) is 3.94. The Hall–Kier alpha value is -4.99. The van der Waals surface area contributed by atoms with Crippen molar-refractivity contribution in [2.45, 2.75) is 13.1 Å². The van der Waals surface area contributed by atoms with Crippen LogP contribution in [0, 0.1) is 0 Å². The zero-order chi connectivity index (χ0) is 25.4. The summed E-state index contributed by atoms with van der Waals surface area (Å²) in [7, 11) is 1.45. The second-order valence-electron chi connectivity index (χ2n) is 8.10. The zero-order valence-electron chi connectivity index (χ0n) is 19.0. The van der Waals surface area contributed by atoms with E-state index in [2.05, 4.69) is 5.32 Å². The Balaban J connectivity index is 1.44. The average Bonchev–Trinajstić information content (AvgIpc) is 3.47. The fourth-order valence-electron chi connectivity index (χ4n) is 4.13. The highest BCUT2D eigenvalue weighted by Crippen LogP contribution is 2.29. The lowest BCUT2D eigenvalue weighted by atomic mass is 10.0. The first kappa shape index (κ1) is 22.8. The summed E-state index contributed by atoms with van der Waals surface area (Å²) in [5.74, 6) is -1.66. The smallest absolute Gasteiger partial charge is 0.331 e. The Morgan fingerprint density at radius 1 is 0.861 bits per heavy atom. The number of barbiturate groups is 1. The largest absolute Gasteiger partial charge is 0.496 e. The van der Waals surface area contributed by atoms with Crippen molar-refractivity contribution in [2.75, 3.05) is 7.11 Å². The van der Waals surface area contributed by atoms with Crippen molar-refractivity contribution >= 4 is 35.7 Å². The van der Waals surface area contributed by atoms with E-state index in [9.17, 15) is 24.0 Å². The normalized spacial score (nSPS) is 16.6. The number of ether oxygens (including phenoxy) is 1. The fourth-order valence-corrected chi connectivity index (χ4v) is 4.13.